The predicted octanol–water partition coefficient (Wildman–Crippen LogP) is 1.32. The number of rotatable bonds is 2. The summed E-state index contributed by atoms with van der Waals surface area (Å²) in [5.41, 5.74) is 0. The van der Waals surface area contributed by atoms with Crippen LogP contribution in [0.4, 0.5) is 4.79 Å². The molecule has 6 nitrogen and oxygen atoms in total. The number of piperazine rings is 1. The van der Waals surface area contributed by atoms with E-state index in [1.165, 1.54) is 33.5 Å². The van der Waals surface area contributed by atoms with Crippen molar-refractivity contribution in [1.29, 1.82) is 0 Å². The Morgan fingerprint density at radius 2 is 1.63 bits per heavy atom. The lowest BCUT2D eigenvalue weighted by molar-refractivity contribution is 0.126. The van der Waals surface area contributed by atoms with Crippen molar-refractivity contribution in [2.24, 2.45) is 0 Å². The predicted molar refractivity (Wildman–Crippen MR) is 69.8 cm³/mol. The first-order valence-electron chi connectivity index (χ1n) is 5.65. The average molecular weight is 305 g/mol. The third kappa shape index (κ3) is 2.99. The highest BCUT2D eigenvalue weighted by molar-refractivity contribution is 7.89. The zero-order valence-corrected chi connectivity index (χ0v) is 11.6. The summed E-state index contributed by atoms with van der Waals surface area (Å²) in [7, 11) is -3.57. The second kappa shape index (κ2) is 5.36. The van der Waals surface area contributed by atoms with Crippen molar-refractivity contribution < 1.29 is 18.3 Å². The van der Waals surface area contributed by atoms with Gasteiger partial charge in [-0.1, -0.05) is 11.6 Å². The maximum Gasteiger partial charge on any atom is 0.407 e. The van der Waals surface area contributed by atoms with Gasteiger partial charge in [0, 0.05) is 31.2 Å². The van der Waals surface area contributed by atoms with Gasteiger partial charge in [-0.3, -0.25) is 0 Å². The second-order valence-corrected chi connectivity index (χ2v) is 6.50. The van der Waals surface area contributed by atoms with Crippen LogP contribution in [0.25, 0.3) is 0 Å². The van der Waals surface area contributed by atoms with E-state index in [0.29, 0.717) is 5.02 Å². The molecular weight excluding hydrogens is 292 g/mol. The van der Waals surface area contributed by atoms with Crippen molar-refractivity contribution in [3.8, 4) is 0 Å². The van der Waals surface area contributed by atoms with Gasteiger partial charge >= 0.3 is 6.09 Å². The highest BCUT2D eigenvalue weighted by Crippen LogP contribution is 2.19. The van der Waals surface area contributed by atoms with Crippen LogP contribution in [0, 0.1) is 0 Å². The molecule has 8 heteroatoms. The summed E-state index contributed by atoms with van der Waals surface area (Å²) in [5, 5.41) is 9.29. The number of sulfonamides is 1. The third-order valence-corrected chi connectivity index (χ3v) is 5.13. The van der Waals surface area contributed by atoms with Gasteiger partial charge in [0.2, 0.25) is 10.0 Å². The SMILES string of the molecule is O=C(O)N1CCN(S(=O)(=O)c2ccc(Cl)cc2)CC1. The zero-order chi connectivity index (χ0) is 14.0. The van der Waals surface area contributed by atoms with E-state index < -0.39 is 16.1 Å². The maximum atomic E-state index is 12.3. The van der Waals surface area contributed by atoms with Crippen molar-refractivity contribution in [3.05, 3.63) is 29.3 Å². The van der Waals surface area contributed by atoms with Crippen molar-refractivity contribution in [2.75, 3.05) is 26.2 Å². The summed E-state index contributed by atoms with van der Waals surface area (Å²) in [6.07, 6.45) is -1.02. The number of halogens is 1. The fraction of sp³-hybridized carbons (Fsp3) is 0.364. The number of carboxylic acid groups (broad SMARTS) is 1. The van der Waals surface area contributed by atoms with Crippen LogP contribution in [0.3, 0.4) is 0 Å². The summed E-state index contributed by atoms with van der Waals surface area (Å²) < 4.78 is 25.9. The number of benzene rings is 1. The molecule has 104 valence electrons. The summed E-state index contributed by atoms with van der Waals surface area (Å²) in [6.45, 7) is 0.693. The molecule has 0 saturated carbocycles. The molecule has 0 aromatic heterocycles. The lowest BCUT2D eigenvalue weighted by Gasteiger charge is -2.32. The minimum atomic E-state index is -3.57. The van der Waals surface area contributed by atoms with Gasteiger partial charge in [-0.25, -0.2) is 13.2 Å². The van der Waals surface area contributed by atoms with Gasteiger partial charge < -0.3 is 10.0 Å². The van der Waals surface area contributed by atoms with E-state index in [2.05, 4.69) is 0 Å². The molecule has 19 heavy (non-hydrogen) atoms. The second-order valence-electron chi connectivity index (χ2n) is 4.13. The van der Waals surface area contributed by atoms with E-state index in [-0.39, 0.29) is 31.1 Å². The van der Waals surface area contributed by atoms with E-state index in [1.54, 1.807) is 0 Å². The van der Waals surface area contributed by atoms with Crippen molar-refractivity contribution in [3.63, 3.8) is 0 Å². The number of carbonyl (C=O) groups is 1. The number of hydrogen-bond acceptors (Lipinski definition) is 3. The molecule has 1 amide bonds. The first-order chi connectivity index (χ1) is 8.91. The van der Waals surface area contributed by atoms with E-state index in [1.807, 2.05) is 0 Å². The molecule has 0 atom stereocenters. The summed E-state index contributed by atoms with van der Waals surface area (Å²) in [5.74, 6) is 0. The molecule has 1 aliphatic rings. The van der Waals surface area contributed by atoms with Crippen LogP contribution in [0.1, 0.15) is 0 Å². The first kappa shape index (κ1) is 14.1. The van der Waals surface area contributed by atoms with Crippen LogP contribution in [0.5, 0.6) is 0 Å². The summed E-state index contributed by atoms with van der Waals surface area (Å²) >= 11 is 5.72. The number of amides is 1. The number of hydrogen-bond donors (Lipinski definition) is 1. The highest BCUT2D eigenvalue weighted by Gasteiger charge is 2.29. The molecule has 1 fully saturated rings. The Balaban J connectivity index is 2.14. The summed E-state index contributed by atoms with van der Waals surface area (Å²) in [6, 6.07) is 5.92. The van der Waals surface area contributed by atoms with Gasteiger partial charge in [-0.2, -0.15) is 4.31 Å². The molecule has 1 saturated heterocycles. The van der Waals surface area contributed by atoms with Gasteiger partial charge in [-0.15, -0.1) is 0 Å². The minimum absolute atomic E-state index is 0.164. The quantitative estimate of drug-likeness (QED) is 0.894. The smallest absolute Gasteiger partial charge is 0.407 e. The van der Waals surface area contributed by atoms with Gasteiger partial charge in [0.05, 0.1) is 4.90 Å². The van der Waals surface area contributed by atoms with E-state index >= 15 is 0 Å². The Hall–Kier alpha value is -1.31. The molecule has 1 aromatic rings. The lowest BCUT2D eigenvalue weighted by Crippen LogP contribution is -2.50. The van der Waals surface area contributed by atoms with Gasteiger partial charge in [-0.05, 0) is 24.3 Å². The highest BCUT2D eigenvalue weighted by atomic mass is 35.5. The molecule has 1 N–H and O–H groups in total. The topological polar surface area (TPSA) is 77.9 Å². The maximum absolute atomic E-state index is 12.3. The molecule has 1 heterocycles. The zero-order valence-electron chi connectivity index (χ0n) is 9.99. The van der Waals surface area contributed by atoms with Crippen LogP contribution < -0.4 is 0 Å². The molecule has 0 unspecified atom stereocenters. The molecular formula is C11H13ClN2O4S. The molecule has 0 aliphatic carbocycles. The monoisotopic (exact) mass is 304 g/mol. The van der Waals surface area contributed by atoms with Crippen molar-refractivity contribution in [2.45, 2.75) is 4.90 Å². The van der Waals surface area contributed by atoms with Crippen LogP contribution >= 0.6 is 11.6 Å². The minimum Gasteiger partial charge on any atom is -0.465 e. The van der Waals surface area contributed by atoms with Crippen LogP contribution in [-0.4, -0.2) is 55.0 Å². The van der Waals surface area contributed by atoms with E-state index in [0.717, 1.165) is 0 Å². The number of nitrogens with zero attached hydrogens (tertiary/aromatic N) is 2. The largest absolute Gasteiger partial charge is 0.465 e. The van der Waals surface area contributed by atoms with Crippen molar-refractivity contribution in [1.82, 2.24) is 9.21 Å². The third-order valence-electron chi connectivity index (χ3n) is 2.96. The lowest BCUT2D eigenvalue weighted by atomic mass is 10.4. The van der Waals surface area contributed by atoms with Crippen LogP contribution in [0.15, 0.2) is 29.2 Å². The van der Waals surface area contributed by atoms with E-state index in [4.69, 9.17) is 16.7 Å². The van der Waals surface area contributed by atoms with Gasteiger partial charge in [0.1, 0.15) is 0 Å². The Morgan fingerprint density at radius 3 is 2.11 bits per heavy atom. The molecule has 1 aromatic carbocycles. The molecule has 0 spiro atoms. The van der Waals surface area contributed by atoms with Crippen LogP contribution in [-0.2, 0) is 10.0 Å². The Morgan fingerprint density at radius 1 is 1.11 bits per heavy atom. The fourth-order valence-corrected chi connectivity index (χ4v) is 3.42. The van der Waals surface area contributed by atoms with E-state index in [9.17, 15) is 13.2 Å². The Bertz CT molecular complexity index is 565. The molecule has 1 aliphatic heterocycles. The van der Waals surface area contributed by atoms with Gasteiger partial charge in [0.15, 0.2) is 0 Å². The molecule has 0 radical (unpaired) electrons. The molecule has 2 rings (SSSR count). The Labute approximate surface area is 116 Å². The Kier molecular flexibility index (Phi) is 3.98. The first-order valence-corrected chi connectivity index (χ1v) is 7.46. The van der Waals surface area contributed by atoms with Gasteiger partial charge in [0.25, 0.3) is 0 Å². The fourth-order valence-electron chi connectivity index (χ4n) is 1.88. The van der Waals surface area contributed by atoms with Crippen LogP contribution in [0.2, 0.25) is 5.02 Å². The standard InChI is InChI=1S/C11H13ClN2O4S/c12-9-1-3-10(4-2-9)19(17,18)14-7-5-13(6-8-14)11(15)16/h1-4H,5-8H2,(H,15,16). The average Bonchev–Trinajstić information content (AvgIpc) is 2.39. The molecule has 0 bridgehead atoms. The van der Waals surface area contributed by atoms with Crippen molar-refractivity contribution >= 4 is 27.7 Å². The summed E-state index contributed by atoms with van der Waals surface area (Å²) in [4.78, 5) is 12.1. The normalized spacial score (nSPS) is 17.4.